The van der Waals surface area contributed by atoms with Gasteiger partial charge in [0.2, 0.25) is 0 Å². The Labute approximate surface area is 146 Å². The Kier molecular flexibility index (Phi) is 5.95. The molecular weight excluding hydrogens is 294 g/mol. The van der Waals surface area contributed by atoms with E-state index in [0.717, 1.165) is 29.5 Å². The van der Waals surface area contributed by atoms with Gasteiger partial charge in [-0.2, -0.15) is 0 Å². The number of rotatable bonds is 7. The molecule has 0 heterocycles. The molecule has 2 heteroatoms. The zero-order chi connectivity index (χ0) is 17.7. The highest BCUT2D eigenvalue weighted by atomic mass is 16.1. The van der Waals surface area contributed by atoms with Gasteiger partial charge in [-0.25, -0.2) is 0 Å². The predicted molar refractivity (Wildman–Crippen MR) is 102 cm³/mol. The SMILES string of the molecule is CC[C@@](C[C@H](C)N(C)C)(C(=O)c1cccc(C)c1)c1ccccc1. The summed E-state index contributed by atoms with van der Waals surface area (Å²) < 4.78 is 0. The predicted octanol–water partition coefficient (Wildman–Crippen LogP) is 4.87. The maximum Gasteiger partial charge on any atom is 0.173 e. The summed E-state index contributed by atoms with van der Waals surface area (Å²) in [7, 11) is 4.15. The fourth-order valence-corrected chi connectivity index (χ4v) is 3.36. The molecule has 0 fully saturated rings. The van der Waals surface area contributed by atoms with E-state index in [2.05, 4.69) is 45.0 Å². The van der Waals surface area contributed by atoms with Crippen LogP contribution in [-0.4, -0.2) is 30.8 Å². The highest BCUT2D eigenvalue weighted by Gasteiger charge is 2.40. The van der Waals surface area contributed by atoms with Crippen molar-refractivity contribution in [3.8, 4) is 0 Å². The van der Waals surface area contributed by atoms with Gasteiger partial charge >= 0.3 is 0 Å². The van der Waals surface area contributed by atoms with Crippen molar-refractivity contribution in [2.75, 3.05) is 14.1 Å². The highest BCUT2D eigenvalue weighted by Crippen LogP contribution is 2.37. The quantitative estimate of drug-likeness (QED) is 0.678. The van der Waals surface area contributed by atoms with Crippen molar-refractivity contribution >= 4 is 5.78 Å². The summed E-state index contributed by atoms with van der Waals surface area (Å²) in [6, 6.07) is 18.6. The van der Waals surface area contributed by atoms with Crippen molar-refractivity contribution in [1.29, 1.82) is 0 Å². The fraction of sp³-hybridized carbons (Fsp3) is 0.409. The second-order valence-electron chi connectivity index (χ2n) is 7.02. The van der Waals surface area contributed by atoms with Gasteiger partial charge in [-0.15, -0.1) is 0 Å². The zero-order valence-corrected chi connectivity index (χ0v) is 15.5. The Morgan fingerprint density at radius 1 is 1.08 bits per heavy atom. The van der Waals surface area contributed by atoms with E-state index in [9.17, 15) is 4.79 Å². The number of hydrogen-bond acceptors (Lipinski definition) is 2. The Morgan fingerprint density at radius 3 is 2.29 bits per heavy atom. The van der Waals surface area contributed by atoms with E-state index < -0.39 is 5.41 Å². The zero-order valence-electron chi connectivity index (χ0n) is 15.5. The number of aryl methyl sites for hydroxylation is 1. The van der Waals surface area contributed by atoms with Crippen LogP contribution in [-0.2, 0) is 5.41 Å². The number of hydrogen-bond donors (Lipinski definition) is 0. The summed E-state index contributed by atoms with van der Waals surface area (Å²) in [6.07, 6.45) is 1.61. The maximum absolute atomic E-state index is 13.6. The van der Waals surface area contributed by atoms with E-state index >= 15 is 0 Å². The van der Waals surface area contributed by atoms with Gasteiger partial charge in [-0.1, -0.05) is 61.0 Å². The van der Waals surface area contributed by atoms with Crippen molar-refractivity contribution in [2.45, 2.75) is 45.1 Å². The average molecular weight is 323 g/mol. The molecule has 2 aromatic carbocycles. The lowest BCUT2D eigenvalue weighted by Crippen LogP contribution is -2.41. The second kappa shape index (κ2) is 7.76. The molecular formula is C22H29NO. The molecule has 0 aliphatic rings. The van der Waals surface area contributed by atoms with E-state index in [0.29, 0.717) is 6.04 Å². The first-order chi connectivity index (χ1) is 11.4. The smallest absolute Gasteiger partial charge is 0.173 e. The van der Waals surface area contributed by atoms with Gasteiger partial charge in [-0.3, -0.25) is 4.79 Å². The summed E-state index contributed by atoms with van der Waals surface area (Å²) >= 11 is 0. The van der Waals surface area contributed by atoms with Gasteiger partial charge in [0.05, 0.1) is 5.41 Å². The molecule has 2 aromatic rings. The first kappa shape index (κ1) is 18.4. The van der Waals surface area contributed by atoms with E-state index in [1.807, 2.05) is 49.4 Å². The molecule has 0 unspecified atom stereocenters. The molecule has 0 aliphatic heterocycles. The van der Waals surface area contributed by atoms with Gasteiger partial charge in [0, 0.05) is 11.6 Å². The van der Waals surface area contributed by atoms with E-state index in [1.165, 1.54) is 0 Å². The number of carbonyl (C=O) groups excluding carboxylic acids is 1. The average Bonchev–Trinajstić information content (AvgIpc) is 2.59. The molecule has 0 aliphatic carbocycles. The van der Waals surface area contributed by atoms with Crippen LogP contribution in [0.25, 0.3) is 0 Å². The second-order valence-corrected chi connectivity index (χ2v) is 7.02. The molecule has 0 saturated carbocycles. The van der Waals surface area contributed by atoms with Crippen LogP contribution >= 0.6 is 0 Å². The highest BCUT2D eigenvalue weighted by molar-refractivity contribution is 6.04. The Morgan fingerprint density at radius 2 is 1.75 bits per heavy atom. The molecule has 0 N–H and O–H groups in total. The lowest BCUT2D eigenvalue weighted by Gasteiger charge is -2.36. The standard InChI is InChI=1S/C22H29NO/c1-6-22(16-18(3)23(4)5,20-13-8-7-9-14-20)21(24)19-12-10-11-17(2)15-19/h7-15,18H,6,16H2,1-5H3/t18-,22-/m0/s1. The molecule has 2 rings (SSSR count). The topological polar surface area (TPSA) is 20.3 Å². The van der Waals surface area contributed by atoms with E-state index in [1.54, 1.807) is 0 Å². The summed E-state index contributed by atoms with van der Waals surface area (Å²) in [6.45, 7) is 6.36. The molecule has 0 spiro atoms. The van der Waals surface area contributed by atoms with Crippen LogP contribution in [0.4, 0.5) is 0 Å². The van der Waals surface area contributed by atoms with Crippen molar-refractivity contribution < 1.29 is 4.79 Å². The van der Waals surface area contributed by atoms with Gasteiger partial charge < -0.3 is 4.90 Å². The van der Waals surface area contributed by atoms with Crippen LogP contribution in [0.1, 0.15) is 48.2 Å². The minimum atomic E-state index is -0.487. The largest absolute Gasteiger partial charge is 0.307 e. The number of benzene rings is 2. The Hall–Kier alpha value is -1.93. The molecule has 2 atom stereocenters. The first-order valence-corrected chi connectivity index (χ1v) is 8.74. The van der Waals surface area contributed by atoms with E-state index in [-0.39, 0.29) is 5.78 Å². The molecule has 0 radical (unpaired) electrons. The van der Waals surface area contributed by atoms with Crippen LogP contribution in [0.15, 0.2) is 54.6 Å². The molecule has 0 aromatic heterocycles. The number of ketones is 1. The van der Waals surface area contributed by atoms with Crippen molar-refractivity contribution in [3.05, 3.63) is 71.3 Å². The van der Waals surface area contributed by atoms with Crippen LogP contribution in [0.3, 0.4) is 0 Å². The van der Waals surface area contributed by atoms with Crippen LogP contribution in [0.5, 0.6) is 0 Å². The third-order valence-electron chi connectivity index (χ3n) is 5.17. The van der Waals surface area contributed by atoms with Crippen molar-refractivity contribution in [1.82, 2.24) is 4.90 Å². The molecule has 0 bridgehead atoms. The molecule has 128 valence electrons. The number of carbonyl (C=O) groups is 1. The first-order valence-electron chi connectivity index (χ1n) is 8.74. The maximum atomic E-state index is 13.6. The van der Waals surface area contributed by atoms with Crippen LogP contribution in [0, 0.1) is 6.92 Å². The summed E-state index contributed by atoms with van der Waals surface area (Å²) in [5, 5.41) is 0. The Bertz CT molecular complexity index is 677. The molecule has 24 heavy (non-hydrogen) atoms. The minimum Gasteiger partial charge on any atom is -0.307 e. The number of nitrogens with zero attached hydrogens (tertiary/aromatic N) is 1. The molecule has 2 nitrogen and oxygen atoms in total. The molecule has 0 saturated heterocycles. The van der Waals surface area contributed by atoms with Crippen LogP contribution in [0.2, 0.25) is 0 Å². The van der Waals surface area contributed by atoms with Gasteiger partial charge in [0.15, 0.2) is 5.78 Å². The fourth-order valence-electron chi connectivity index (χ4n) is 3.36. The lowest BCUT2D eigenvalue weighted by molar-refractivity contribution is 0.0838. The number of Topliss-reactive ketones (excluding diaryl/α,β-unsaturated/α-hetero) is 1. The third kappa shape index (κ3) is 3.76. The lowest BCUT2D eigenvalue weighted by atomic mass is 9.68. The van der Waals surface area contributed by atoms with E-state index in [4.69, 9.17) is 0 Å². The summed E-state index contributed by atoms with van der Waals surface area (Å²) in [5.74, 6) is 0.230. The molecule has 0 amide bonds. The van der Waals surface area contributed by atoms with Gasteiger partial charge in [0.1, 0.15) is 0 Å². The Balaban J connectivity index is 2.54. The normalized spacial score (nSPS) is 15.1. The third-order valence-corrected chi connectivity index (χ3v) is 5.17. The summed E-state index contributed by atoms with van der Waals surface area (Å²) in [4.78, 5) is 15.8. The van der Waals surface area contributed by atoms with Crippen LogP contribution < -0.4 is 0 Å². The van der Waals surface area contributed by atoms with Gasteiger partial charge in [0.25, 0.3) is 0 Å². The van der Waals surface area contributed by atoms with Gasteiger partial charge in [-0.05, 0) is 52.4 Å². The van der Waals surface area contributed by atoms with Crippen molar-refractivity contribution in [2.24, 2.45) is 0 Å². The van der Waals surface area contributed by atoms with Crippen molar-refractivity contribution in [3.63, 3.8) is 0 Å². The monoisotopic (exact) mass is 323 g/mol. The minimum absolute atomic E-state index is 0.230. The summed E-state index contributed by atoms with van der Waals surface area (Å²) in [5.41, 5.74) is 2.57.